The highest BCUT2D eigenvalue weighted by Gasteiger charge is 2.16. The number of hydrogen-bond donors (Lipinski definition) is 1. The van der Waals surface area contributed by atoms with Gasteiger partial charge in [0, 0.05) is 12.7 Å². The van der Waals surface area contributed by atoms with Gasteiger partial charge in [0.25, 0.3) is 0 Å². The van der Waals surface area contributed by atoms with Gasteiger partial charge in [-0.15, -0.1) is 5.54 Å². The smallest absolute Gasteiger partial charge is 0.159 e. The minimum absolute atomic E-state index is 0.232. The SMILES string of the molecule is C[Si](C)(C)C#Cc1ncc(N[C@H]2CCOC2)cc1F. The Hall–Kier alpha value is -1.38. The van der Waals surface area contributed by atoms with Crippen LogP contribution in [0.3, 0.4) is 0 Å². The van der Waals surface area contributed by atoms with Crippen molar-refractivity contribution in [3.63, 3.8) is 0 Å². The van der Waals surface area contributed by atoms with E-state index in [1.165, 1.54) is 6.07 Å². The van der Waals surface area contributed by atoms with Gasteiger partial charge in [-0.3, -0.25) is 0 Å². The van der Waals surface area contributed by atoms with Gasteiger partial charge in [-0.2, -0.15) is 0 Å². The first kappa shape index (κ1) is 14.0. The standard InChI is InChI=1S/C14H19FN2OSi/c1-19(2,3)7-5-14-13(15)8-12(9-16-14)17-11-4-6-18-10-11/h8-9,11,17H,4,6,10H2,1-3H3/t11-/m0/s1. The van der Waals surface area contributed by atoms with Crippen LogP contribution in [0.4, 0.5) is 10.1 Å². The lowest BCUT2D eigenvalue weighted by Gasteiger charge is -2.11. The van der Waals surface area contributed by atoms with E-state index >= 15 is 0 Å². The Balaban J connectivity index is 2.09. The summed E-state index contributed by atoms with van der Waals surface area (Å²) < 4.78 is 19.1. The summed E-state index contributed by atoms with van der Waals surface area (Å²) in [5.74, 6) is 2.48. The molecule has 3 nitrogen and oxygen atoms in total. The van der Waals surface area contributed by atoms with Crippen LogP contribution in [0.5, 0.6) is 0 Å². The molecule has 0 amide bonds. The van der Waals surface area contributed by atoms with Gasteiger partial charge in [0.05, 0.1) is 24.5 Å². The summed E-state index contributed by atoms with van der Waals surface area (Å²) in [6, 6.07) is 1.71. The van der Waals surface area contributed by atoms with E-state index in [4.69, 9.17) is 4.74 Å². The predicted molar refractivity (Wildman–Crippen MR) is 77.3 cm³/mol. The Labute approximate surface area is 114 Å². The van der Waals surface area contributed by atoms with Crippen LogP contribution in [0.15, 0.2) is 12.3 Å². The van der Waals surface area contributed by atoms with Crippen LogP contribution in [0.25, 0.3) is 0 Å². The summed E-state index contributed by atoms with van der Waals surface area (Å²) in [5, 5.41) is 3.21. The Kier molecular flexibility index (Phi) is 4.23. The number of anilines is 1. The maximum atomic E-state index is 13.9. The number of nitrogens with zero attached hydrogens (tertiary/aromatic N) is 1. The van der Waals surface area contributed by atoms with Crippen molar-refractivity contribution < 1.29 is 9.13 Å². The van der Waals surface area contributed by atoms with Crippen LogP contribution in [0, 0.1) is 17.3 Å². The average molecular weight is 278 g/mol. The van der Waals surface area contributed by atoms with Crippen molar-refractivity contribution in [2.75, 3.05) is 18.5 Å². The first-order valence-electron chi connectivity index (χ1n) is 6.47. The predicted octanol–water partition coefficient (Wildman–Crippen LogP) is 2.65. The molecule has 102 valence electrons. The van der Waals surface area contributed by atoms with E-state index in [1.807, 2.05) is 0 Å². The second-order valence-electron chi connectivity index (χ2n) is 5.76. The molecule has 0 spiro atoms. The quantitative estimate of drug-likeness (QED) is 0.667. The summed E-state index contributed by atoms with van der Waals surface area (Å²) in [6.45, 7) is 7.78. The number of halogens is 1. The number of ether oxygens (including phenoxy) is 1. The fourth-order valence-corrected chi connectivity index (χ4v) is 2.23. The third-order valence-corrected chi connectivity index (χ3v) is 3.57. The molecule has 0 aromatic carbocycles. The largest absolute Gasteiger partial charge is 0.379 e. The van der Waals surface area contributed by atoms with Crippen molar-refractivity contribution in [1.82, 2.24) is 4.98 Å². The fourth-order valence-electron chi connectivity index (χ4n) is 1.74. The van der Waals surface area contributed by atoms with Gasteiger partial charge in [0.15, 0.2) is 5.82 Å². The molecule has 1 fully saturated rings. The minimum Gasteiger partial charge on any atom is -0.379 e. The Morgan fingerprint density at radius 3 is 2.84 bits per heavy atom. The molecule has 19 heavy (non-hydrogen) atoms. The van der Waals surface area contributed by atoms with Gasteiger partial charge in [0.1, 0.15) is 13.8 Å². The topological polar surface area (TPSA) is 34.2 Å². The summed E-state index contributed by atoms with van der Waals surface area (Å²) in [4.78, 5) is 4.09. The molecule has 2 rings (SSSR count). The molecule has 0 aliphatic carbocycles. The van der Waals surface area contributed by atoms with E-state index in [9.17, 15) is 4.39 Å². The molecule has 0 unspecified atom stereocenters. The molecule has 1 aromatic rings. The molecule has 1 atom stereocenters. The molecular weight excluding hydrogens is 259 g/mol. The van der Waals surface area contributed by atoms with Gasteiger partial charge in [-0.1, -0.05) is 25.6 Å². The molecule has 2 heterocycles. The zero-order valence-electron chi connectivity index (χ0n) is 11.6. The summed E-state index contributed by atoms with van der Waals surface area (Å²) >= 11 is 0. The van der Waals surface area contributed by atoms with Crippen molar-refractivity contribution in [3.05, 3.63) is 23.8 Å². The third-order valence-electron chi connectivity index (χ3n) is 2.70. The lowest BCUT2D eigenvalue weighted by molar-refractivity contribution is 0.195. The number of rotatable bonds is 2. The third kappa shape index (κ3) is 4.34. The molecule has 5 heteroatoms. The highest BCUT2D eigenvalue weighted by Crippen LogP contribution is 2.15. The van der Waals surface area contributed by atoms with Crippen LogP contribution in [-0.2, 0) is 4.74 Å². The van der Waals surface area contributed by atoms with Crippen molar-refractivity contribution in [2.24, 2.45) is 0 Å². The lowest BCUT2D eigenvalue weighted by atomic mass is 10.2. The van der Waals surface area contributed by atoms with Gasteiger partial charge < -0.3 is 10.1 Å². The molecule has 0 saturated carbocycles. The van der Waals surface area contributed by atoms with Crippen molar-refractivity contribution in [1.29, 1.82) is 0 Å². The molecule has 1 aliphatic rings. The summed E-state index contributed by atoms with van der Waals surface area (Å²) in [6.07, 6.45) is 2.58. The highest BCUT2D eigenvalue weighted by molar-refractivity contribution is 6.83. The van der Waals surface area contributed by atoms with Crippen LogP contribution in [-0.4, -0.2) is 32.3 Å². The lowest BCUT2D eigenvalue weighted by Crippen LogP contribution is -2.19. The maximum Gasteiger partial charge on any atom is 0.159 e. The second-order valence-corrected chi connectivity index (χ2v) is 10.5. The van der Waals surface area contributed by atoms with Gasteiger partial charge in [-0.25, -0.2) is 9.37 Å². The van der Waals surface area contributed by atoms with E-state index in [0.29, 0.717) is 12.3 Å². The fraction of sp³-hybridized carbons (Fsp3) is 0.500. The van der Waals surface area contributed by atoms with E-state index in [2.05, 4.69) is 41.4 Å². The maximum absolute atomic E-state index is 13.9. The Bertz CT molecular complexity index is 510. The Morgan fingerprint density at radius 1 is 1.47 bits per heavy atom. The van der Waals surface area contributed by atoms with Crippen molar-refractivity contribution >= 4 is 13.8 Å². The summed E-state index contributed by atoms with van der Waals surface area (Å²) in [5.41, 5.74) is 4.04. The average Bonchev–Trinajstić information content (AvgIpc) is 2.79. The zero-order valence-corrected chi connectivity index (χ0v) is 12.6. The van der Waals surface area contributed by atoms with Crippen LogP contribution >= 0.6 is 0 Å². The second kappa shape index (κ2) is 5.72. The van der Waals surface area contributed by atoms with Crippen LogP contribution in [0.2, 0.25) is 19.6 Å². The molecule has 1 aliphatic heterocycles. The normalized spacial score (nSPS) is 18.8. The van der Waals surface area contributed by atoms with Crippen LogP contribution < -0.4 is 5.32 Å². The van der Waals surface area contributed by atoms with Gasteiger partial charge >= 0.3 is 0 Å². The molecular formula is C14H19FN2OSi. The molecule has 1 aromatic heterocycles. The number of pyridine rings is 1. The van der Waals surface area contributed by atoms with E-state index in [1.54, 1.807) is 6.20 Å². The molecule has 0 bridgehead atoms. The van der Waals surface area contributed by atoms with Crippen LogP contribution in [0.1, 0.15) is 12.1 Å². The first-order valence-corrected chi connectivity index (χ1v) is 9.97. The number of aromatic nitrogens is 1. The summed E-state index contributed by atoms with van der Waals surface area (Å²) in [7, 11) is -1.51. The van der Waals surface area contributed by atoms with E-state index in [-0.39, 0.29) is 17.6 Å². The van der Waals surface area contributed by atoms with Crippen molar-refractivity contribution in [2.45, 2.75) is 32.1 Å². The number of nitrogens with one attached hydrogen (secondary N) is 1. The number of hydrogen-bond acceptors (Lipinski definition) is 3. The molecule has 0 radical (unpaired) electrons. The monoisotopic (exact) mass is 278 g/mol. The van der Waals surface area contributed by atoms with Gasteiger partial charge in [0.2, 0.25) is 0 Å². The van der Waals surface area contributed by atoms with E-state index in [0.717, 1.165) is 13.0 Å². The minimum atomic E-state index is -1.51. The van der Waals surface area contributed by atoms with Gasteiger partial charge in [-0.05, 0) is 6.42 Å². The first-order chi connectivity index (χ1) is 8.94. The van der Waals surface area contributed by atoms with Crippen molar-refractivity contribution in [3.8, 4) is 11.5 Å². The highest BCUT2D eigenvalue weighted by atomic mass is 28.3. The Morgan fingerprint density at radius 2 is 2.26 bits per heavy atom. The van der Waals surface area contributed by atoms with E-state index < -0.39 is 8.07 Å². The zero-order chi connectivity index (χ0) is 13.9. The molecule has 1 saturated heterocycles. The molecule has 1 N–H and O–H groups in total.